The van der Waals surface area contributed by atoms with Crippen molar-refractivity contribution in [1.82, 2.24) is 0 Å². The molecule has 0 aromatic heterocycles. The number of carbonyl (C=O) groups is 1. The fourth-order valence-electron chi connectivity index (χ4n) is 2.74. The summed E-state index contributed by atoms with van der Waals surface area (Å²) < 4.78 is 5.31. The Kier molecular flexibility index (Phi) is 3.84. The van der Waals surface area contributed by atoms with E-state index in [1.807, 2.05) is 47.4 Å². The van der Waals surface area contributed by atoms with Gasteiger partial charge in [-0.2, -0.15) is 0 Å². The first kappa shape index (κ1) is 14.0. The van der Waals surface area contributed by atoms with Crippen LogP contribution < -0.4 is 9.64 Å². The zero-order chi connectivity index (χ0) is 14.8. The van der Waals surface area contributed by atoms with Gasteiger partial charge < -0.3 is 9.64 Å². The SMILES string of the molecule is COc1ccccc1CC(=O)N1CCc2cc(Cl)ccc21. The van der Waals surface area contributed by atoms with Crippen molar-refractivity contribution in [2.75, 3.05) is 18.6 Å². The van der Waals surface area contributed by atoms with Crippen molar-refractivity contribution in [2.24, 2.45) is 0 Å². The second kappa shape index (κ2) is 5.78. The molecule has 0 spiro atoms. The van der Waals surface area contributed by atoms with Gasteiger partial charge in [0.25, 0.3) is 0 Å². The zero-order valence-corrected chi connectivity index (χ0v) is 12.6. The van der Waals surface area contributed by atoms with E-state index in [1.54, 1.807) is 7.11 Å². The molecule has 0 fully saturated rings. The van der Waals surface area contributed by atoms with E-state index in [-0.39, 0.29) is 5.91 Å². The van der Waals surface area contributed by atoms with Crippen LogP contribution in [0, 0.1) is 0 Å². The second-order valence-electron chi connectivity index (χ2n) is 5.06. The van der Waals surface area contributed by atoms with Gasteiger partial charge in [-0.3, -0.25) is 4.79 Å². The molecule has 1 aliphatic heterocycles. The summed E-state index contributed by atoms with van der Waals surface area (Å²) in [4.78, 5) is 14.4. The van der Waals surface area contributed by atoms with Gasteiger partial charge in [-0.1, -0.05) is 29.8 Å². The Balaban J connectivity index is 1.82. The summed E-state index contributed by atoms with van der Waals surface area (Å²) in [5.74, 6) is 0.835. The lowest BCUT2D eigenvalue weighted by Crippen LogP contribution is -2.30. The Morgan fingerprint density at radius 3 is 2.90 bits per heavy atom. The summed E-state index contributed by atoms with van der Waals surface area (Å²) in [6.07, 6.45) is 1.19. The van der Waals surface area contributed by atoms with Gasteiger partial charge in [0, 0.05) is 22.8 Å². The lowest BCUT2D eigenvalue weighted by Gasteiger charge is -2.18. The number of rotatable bonds is 3. The van der Waals surface area contributed by atoms with Gasteiger partial charge in [-0.25, -0.2) is 0 Å². The molecular weight excluding hydrogens is 286 g/mol. The van der Waals surface area contributed by atoms with Crippen LogP contribution >= 0.6 is 11.6 Å². The number of hydrogen-bond donors (Lipinski definition) is 0. The number of fused-ring (bicyclic) bond motifs is 1. The first-order valence-electron chi connectivity index (χ1n) is 6.89. The smallest absolute Gasteiger partial charge is 0.231 e. The highest BCUT2D eigenvalue weighted by atomic mass is 35.5. The van der Waals surface area contributed by atoms with E-state index in [0.717, 1.165) is 29.0 Å². The molecule has 0 N–H and O–H groups in total. The molecule has 108 valence electrons. The molecule has 0 aliphatic carbocycles. The van der Waals surface area contributed by atoms with E-state index in [9.17, 15) is 4.79 Å². The Bertz CT molecular complexity index is 684. The van der Waals surface area contributed by atoms with E-state index in [4.69, 9.17) is 16.3 Å². The summed E-state index contributed by atoms with van der Waals surface area (Å²) in [5, 5.41) is 0.716. The lowest BCUT2D eigenvalue weighted by atomic mass is 10.1. The maximum absolute atomic E-state index is 12.6. The summed E-state index contributed by atoms with van der Waals surface area (Å²) in [6.45, 7) is 0.712. The number of ether oxygens (including phenoxy) is 1. The summed E-state index contributed by atoms with van der Waals surface area (Å²) in [6, 6.07) is 13.3. The second-order valence-corrected chi connectivity index (χ2v) is 5.49. The number of methoxy groups -OCH3 is 1. The maximum atomic E-state index is 12.6. The molecule has 2 aromatic carbocycles. The van der Waals surface area contributed by atoms with Crippen molar-refractivity contribution in [1.29, 1.82) is 0 Å². The van der Waals surface area contributed by atoms with Crippen LogP contribution in [0.4, 0.5) is 5.69 Å². The molecule has 21 heavy (non-hydrogen) atoms. The normalized spacial score (nSPS) is 13.1. The van der Waals surface area contributed by atoms with Crippen LogP contribution in [0.15, 0.2) is 42.5 Å². The third kappa shape index (κ3) is 2.74. The molecule has 0 saturated carbocycles. The van der Waals surface area contributed by atoms with E-state index in [0.29, 0.717) is 18.0 Å². The monoisotopic (exact) mass is 301 g/mol. The number of amides is 1. The summed E-state index contributed by atoms with van der Waals surface area (Å²) in [7, 11) is 1.62. The molecule has 1 heterocycles. The minimum atomic E-state index is 0.0839. The Labute approximate surface area is 129 Å². The summed E-state index contributed by atoms with van der Waals surface area (Å²) >= 11 is 6.00. The third-order valence-electron chi connectivity index (χ3n) is 3.77. The molecule has 0 radical (unpaired) electrons. The molecule has 0 saturated heterocycles. The van der Waals surface area contributed by atoms with Gasteiger partial charge in [0.2, 0.25) is 5.91 Å². The van der Waals surface area contributed by atoms with Gasteiger partial charge in [-0.05, 0) is 36.2 Å². The van der Waals surface area contributed by atoms with Crippen LogP contribution in [0.25, 0.3) is 0 Å². The topological polar surface area (TPSA) is 29.5 Å². The van der Waals surface area contributed by atoms with Gasteiger partial charge in [0.1, 0.15) is 5.75 Å². The number of benzene rings is 2. The first-order valence-corrected chi connectivity index (χ1v) is 7.27. The molecule has 1 amide bonds. The van der Waals surface area contributed by atoms with Crippen LogP contribution in [0.3, 0.4) is 0 Å². The highest BCUT2D eigenvalue weighted by Crippen LogP contribution is 2.31. The standard InChI is InChI=1S/C17H16ClNO2/c1-21-16-5-3-2-4-13(16)11-17(20)19-9-8-12-10-14(18)6-7-15(12)19/h2-7,10H,8-9,11H2,1H3. The quantitative estimate of drug-likeness (QED) is 0.868. The van der Waals surface area contributed by atoms with Crippen LogP contribution in [-0.4, -0.2) is 19.6 Å². The molecule has 0 unspecified atom stereocenters. The zero-order valence-electron chi connectivity index (χ0n) is 11.8. The van der Waals surface area contributed by atoms with Gasteiger partial charge in [0.05, 0.1) is 13.5 Å². The largest absolute Gasteiger partial charge is 0.496 e. The molecule has 4 heteroatoms. The highest BCUT2D eigenvalue weighted by molar-refractivity contribution is 6.30. The Hall–Kier alpha value is -2.00. The van der Waals surface area contributed by atoms with Crippen LogP contribution in [0.1, 0.15) is 11.1 Å². The lowest BCUT2D eigenvalue weighted by molar-refractivity contribution is -0.117. The van der Waals surface area contributed by atoms with Crippen molar-refractivity contribution in [3.8, 4) is 5.75 Å². The van der Waals surface area contributed by atoms with E-state index >= 15 is 0 Å². The van der Waals surface area contributed by atoms with Crippen molar-refractivity contribution >= 4 is 23.2 Å². The average molecular weight is 302 g/mol. The Morgan fingerprint density at radius 2 is 2.10 bits per heavy atom. The average Bonchev–Trinajstić information content (AvgIpc) is 2.90. The molecular formula is C17H16ClNO2. The van der Waals surface area contributed by atoms with Crippen molar-refractivity contribution in [3.63, 3.8) is 0 Å². The molecule has 0 bridgehead atoms. The van der Waals surface area contributed by atoms with Crippen molar-refractivity contribution in [2.45, 2.75) is 12.8 Å². The molecule has 0 atom stereocenters. The third-order valence-corrected chi connectivity index (χ3v) is 4.01. The van der Waals surface area contributed by atoms with E-state index in [1.165, 1.54) is 0 Å². The predicted molar refractivity (Wildman–Crippen MR) is 84.2 cm³/mol. The number of para-hydroxylation sites is 1. The minimum absolute atomic E-state index is 0.0839. The molecule has 3 nitrogen and oxygen atoms in total. The van der Waals surface area contributed by atoms with Gasteiger partial charge in [-0.15, -0.1) is 0 Å². The van der Waals surface area contributed by atoms with Crippen molar-refractivity contribution in [3.05, 3.63) is 58.6 Å². The number of nitrogens with zero attached hydrogens (tertiary/aromatic N) is 1. The fraction of sp³-hybridized carbons (Fsp3) is 0.235. The molecule has 2 aromatic rings. The molecule has 1 aliphatic rings. The van der Waals surface area contributed by atoms with E-state index < -0.39 is 0 Å². The fourth-order valence-corrected chi connectivity index (χ4v) is 2.93. The van der Waals surface area contributed by atoms with Crippen LogP contribution in [-0.2, 0) is 17.6 Å². The Morgan fingerprint density at radius 1 is 1.29 bits per heavy atom. The highest BCUT2D eigenvalue weighted by Gasteiger charge is 2.25. The minimum Gasteiger partial charge on any atom is -0.496 e. The van der Waals surface area contributed by atoms with Gasteiger partial charge in [0.15, 0.2) is 0 Å². The number of anilines is 1. The molecule has 3 rings (SSSR count). The summed E-state index contributed by atoms with van der Waals surface area (Å²) in [5.41, 5.74) is 3.02. The maximum Gasteiger partial charge on any atom is 0.231 e. The first-order chi connectivity index (χ1) is 10.2. The van der Waals surface area contributed by atoms with Crippen LogP contribution in [0.2, 0.25) is 5.02 Å². The number of hydrogen-bond acceptors (Lipinski definition) is 2. The van der Waals surface area contributed by atoms with Crippen LogP contribution in [0.5, 0.6) is 5.75 Å². The number of carbonyl (C=O) groups excluding carboxylic acids is 1. The van der Waals surface area contributed by atoms with Gasteiger partial charge >= 0.3 is 0 Å². The van der Waals surface area contributed by atoms with E-state index in [2.05, 4.69) is 0 Å². The van der Waals surface area contributed by atoms with Crippen molar-refractivity contribution < 1.29 is 9.53 Å². The predicted octanol–water partition coefficient (Wildman–Crippen LogP) is 3.48. The number of halogens is 1.